The minimum Gasteiger partial charge on any atom is -0.299 e. The molecule has 0 amide bonds. The summed E-state index contributed by atoms with van der Waals surface area (Å²) >= 11 is 0. The predicted molar refractivity (Wildman–Crippen MR) is 65.0 cm³/mol. The van der Waals surface area contributed by atoms with E-state index in [1.165, 1.54) is 6.07 Å². The maximum Gasteiger partial charge on any atom is 0.138 e. The van der Waals surface area contributed by atoms with Crippen molar-refractivity contribution in [3.05, 3.63) is 35.4 Å². The number of hydrogen-bond acceptors (Lipinski definition) is 2. The minimum atomic E-state index is -0.425. The molecule has 1 aromatic rings. The predicted octanol–water partition coefficient (Wildman–Crippen LogP) is 2.77. The standard InChI is InChI=1S/C14H17F2NO/c1-2-10-8-17(6-5-14(10)18)9-11-7-12(15)3-4-13(11)16/h3-4,7,10H,2,5-6,8-9H2,1H3. The van der Waals surface area contributed by atoms with Crippen LogP contribution in [0.3, 0.4) is 0 Å². The van der Waals surface area contributed by atoms with Crippen LogP contribution < -0.4 is 0 Å². The van der Waals surface area contributed by atoms with Crippen molar-refractivity contribution in [3.8, 4) is 0 Å². The van der Waals surface area contributed by atoms with E-state index in [-0.39, 0.29) is 17.5 Å². The second-order valence-electron chi connectivity index (χ2n) is 4.79. The Morgan fingerprint density at radius 1 is 1.39 bits per heavy atom. The van der Waals surface area contributed by atoms with Gasteiger partial charge in [-0.15, -0.1) is 0 Å². The molecule has 0 aliphatic carbocycles. The highest BCUT2D eigenvalue weighted by molar-refractivity contribution is 5.82. The third-order valence-corrected chi connectivity index (χ3v) is 3.50. The van der Waals surface area contributed by atoms with Crippen molar-refractivity contribution in [2.75, 3.05) is 13.1 Å². The van der Waals surface area contributed by atoms with E-state index < -0.39 is 5.82 Å². The molecule has 0 aromatic heterocycles. The van der Waals surface area contributed by atoms with E-state index in [2.05, 4.69) is 0 Å². The minimum absolute atomic E-state index is 0.0374. The van der Waals surface area contributed by atoms with E-state index in [0.717, 1.165) is 18.6 Å². The summed E-state index contributed by atoms with van der Waals surface area (Å²) in [4.78, 5) is 13.6. The van der Waals surface area contributed by atoms with Crippen molar-refractivity contribution in [3.63, 3.8) is 0 Å². The van der Waals surface area contributed by atoms with E-state index in [0.29, 0.717) is 31.6 Å². The molecular weight excluding hydrogens is 236 g/mol. The summed E-state index contributed by atoms with van der Waals surface area (Å²) in [5.41, 5.74) is 0.360. The molecule has 1 aromatic carbocycles. The summed E-state index contributed by atoms with van der Waals surface area (Å²) in [7, 11) is 0. The Morgan fingerprint density at radius 2 is 2.17 bits per heavy atom. The first-order valence-corrected chi connectivity index (χ1v) is 6.29. The van der Waals surface area contributed by atoms with Crippen LogP contribution in [0.2, 0.25) is 0 Å². The SMILES string of the molecule is CCC1CN(Cc2cc(F)ccc2F)CCC1=O. The zero-order chi connectivity index (χ0) is 13.1. The number of benzene rings is 1. The number of likely N-dealkylation sites (tertiary alicyclic amines) is 1. The van der Waals surface area contributed by atoms with E-state index in [9.17, 15) is 13.6 Å². The number of carbonyl (C=O) groups is 1. The molecule has 98 valence electrons. The van der Waals surface area contributed by atoms with E-state index in [1.807, 2.05) is 11.8 Å². The Labute approximate surface area is 106 Å². The van der Waals surface area contributed by atoms with Gasteiger partial charge >= 0.3 is 0 Å². The van der Waals surface area contributed by atoms with Crippen LogP contribution in [0.4, 0.5) is 8.78 Å². The highest BCUT2D eigenvalue weighted by atomic mass is 19.1. The molecule has 1 aliphatic heterocycles. The van der Waals surface area contributed by atoms with E-state index >= 15 is 0 Å². The summed E-state index contributed by atoms with van der Waals surface area (Å²) in [6, 6.07) is 3.50. The maximum atomic E-state index is 13.5. The molecule has 1 atom stereocenters. The normalized spacial score (nSPS) is 21.3. The molecule has 18 heavy (non-hydrogen) atoms. The quantitative estimate of drug-likeness (QED) is 0.825. The van der Waals surface area contributed by atoms with Crippen molar-refractivity contribution in [2.24, 2.45) is 5.92 Å². The van der Waals surface area contributed by atoms with Crippen LogP contribution in [0.15, 0.2) is 18.2 Å². The third kappa shape index (κ3) is 2.93. The molecule has 1 unspecified atom stereocenters. The summed E-state index contributed by atoms with van der Waals surface area (Å²) in [5, 5.41) is 0. The van der Waals surface area contributed by atoms with Crippen molar-refractivity contribution < 1.29 is 13.6 Å². The van der Waals surface area contributed by atoms with Gasteiger partial charge in [-0.3, -0.25) is 9.69 Å². The van der Waals surface area contributed by atoms with Crippen LogP contribution in [-0.2, 0) is 11.3 Å². The van der Waals surface area contributed by atoms with Crippen molar-refractivity contribution in [1.29, 1.82) is 0 Å². The smallest absolute Gasteiger partial charge is 0.138 e. The van der Waals surface area contributed by atoms with Crippen LogP contribution in [-0.4, -0.2) is 23.8 Å². The fourth-order valence-electron chi connectivity index (χ4n) is 2.38. The zero-order valence-corrected chi connectivity index (χ0v) is 10.5. The van der Waals surface area contributed by atoms with Gasteiger partial charge in [0.25, 0.3) is 0 Å². The van der Waals surface area contributed by atoms with E-state index in [1.54, 1.807) is 0 Å². The Balaban J connectivity index is 2.05. The number of nitrogens with zero attached hydrogens (tertiary/aromatic N) is 1. The number of piperidine rings is 1. The molecule has 1 fully saturated rings. The summed E-state index contributed by atoms with van der Waals surface area (Å²) in [5.74, 6) is -0.489. The molecule has 2 nitrogen and oxygen atoms in total. The molecule has 2 rings (SSSR count). The molecule has 0 saturated carbocycles. The fourth-order valence-corrected chi connectivity index (χ4v) is 2.38. The van der Waals surface area contributed by atoms with Gasteiger partial charge in [-0.05, 0) is 24.6 Å². The van der Waals surface area contributed by atoms with Crippen LogP contribution >= 0.6 is 0 Å². The number of carbonyl (C=O) groups excluding carboxylic acids is 1. The Kier molecular flexibility index (Phi) is 4.07. The molecule has 1 saturated heterocycles. The van der Waals surface area contributed by atoms with Gasteiger partial charge in [0.2, 0.25) is 0 Å². The first-order chi connectivity index (χ1) is 8.60. The highest BCUT2D eigenvalue weighted by Crippen LogP contribution is 2.19. The Hall–Kier alpha value is -1.29. The average Bonchev–Trinajstić information content (AvgIpc) is 2.36. The second-order valence-corrected chi connectivity index (χ2v) is 4.79. The van der Waals surface area contributed by atoms with Crippen LogP contribution in [0.1, 0.15) is 25.3 Å². The van der Waals surface area contributed by atoms with Crippen molar-refractivity contribution in [2.45, 2.75) is 26.3 Å². The van der Waals surface area contributed by atoms with Gasteiger partial charge in [-0.2, -0.15) is 0 Å². The third-order valence-electron chi connectivity index (χ3n) is 3.50. The summed E-state index contributed by atoms with van der Waals surface area (Å²) in [6.07, 6.45) is 1.32. The van der Waals surface area contributed by atoms with Crippen molar-refractivity contribution in [1.82, 2.24) is 4.90 Å². The van der Waals surface area contributed by atoms with Gasteiger partial charge in [0.15, 0.2) is 0 Å². The van der Waals surface area contributed by atoms with Gasteiger partial charge in [0, 0.05) is 37.5 Å². The highest BCUT2D eigenvalue weighted by Gasteiger charge is 2.26. The van der Waals surface area contributed by atoms with Gasteiger partial charge in [-0.1, -0.05) is 6.92 Å². The van der Waals surface area contributed by atoms with Gasteiger partial charge in [0.05, 0.1) is 0 Å². The second kappa shape index (κ2) is 5.57. The first-order valence-electron chi connectivity index (χ1n) is 6.29. The van der Waals surface area contributed by atoms with E-state index in [4.69, 9.17) is 0 Å². The Bertz CT molecular complexity index is 447. The fraction of sp³-hybridized carbons (Fsp3) is 0.500. The number of Topliss-reactive ketones (excluding diaryl/α,β-unsaturated/α-hetero) is 1. The number of rotatable bonds is 3. The lowest BCUT2D eigenvalue weighted by atomic mass is 9.94. The van der Waals surface area contributed by atoms with Gasteiger partial charge < -0.3 is 0 Å². The molecule has 0 N–H and O–H groups in total. The average molecular weight is 253 g/mol. The molecule has 0 bridgehead atoms. The van der Waals surface area contributed by atoms with Crippen LogP contribution in [0.25, 0.3) is 0 Å². The Morgan fingerprint density at radius 3 is 2.89 bits per heavy atom. The zero-order valence-electron chi connectivity index (χ0n) is 10.5. The molecule has 4 heteroatoms. The lowest BCUT2D eigenvalue weighted by Crippen LogP contribution is -2.40. The lowest BCUT2D eigenvalue weighted by Gasteiger charge is -2.31. The van der Waals surface area contributed by atoms with Gasteiger partial charge in [-0.25, -0.2) is 8.78 Å². The molecule has 1 aliphatic rings. The lowest BCUT2D eigenvalue weighted by molar-refractivity contribution is -0.126. The number of ketones is 1. The molecule has 1 heterocycles. The van der Waals surface area contributed by atoms with Crippen LogP contribution in [0, 0.1) is 17.6 Å². The first kappa shape index (κ1) is 13.1. The largest absolute Gasteiger partial charge is 0.299 e. The van der Waals surface area contributed by atoms with Crippen LogP contribution in [0.5, 0.6) is 0 Å². The number of halogens is 2. The molecule has 0 radical (unpaired) electrons. The topological polar surface area (TPSA) is 20.3 Å². The maximum absolute atomic E-state index is 13.5. The summed E-state index contributed by atoms with van der Waals surface area (Å²) < 4.78 is 26.6. The van der Waals surface area contributed by atoms with Crippen molar-refractivity contribution >= 4 is 5.78 Å². The number of hydrogen-bond donors (Lipinski definition) is 0. The molecule has 0 spiro atoms. The van der Waals surface area contributed by atoms with Gasteiger partial charge in [0.1, 0.15) is 17.4 Å². The summed E-state index contributed by atoms with van der Waals surface area (Å²) in [6.45, 7) is 3.62. The molecular formula is C14H17F2NO. The monoisotopic (exact) mass is 253 g/mol.